The molecule has 3 aromatic rings. The van der Waals surface area contributed by atoms with Crippen LogP contribution in [0.25, 0.3) is 11.1 Å². The minimum absolute atomic E-state index is 0.434. The Hall–Kier alpha value is -3.29. The summed E-state index contributed by atoms with van der Waals surface area (Å²) in [6.07, 6.45) is -0.760. The Balaban J connectivity index is 1.62. The maximum absolute atomic E-state index is 12.2. The van der Waals surface area contributed by atoms with Crippen LogP contribution in [0.2, 0.25) is 5.02 Å². The second-order valence-electron chi connectivity index (χ2n) is 5.85. The van der Waals surface area contributed by atoms with Gasteiger partial charge in [-0.05, 0) is 66.6 Å². The van der Waals surface area contributed by atoms with E-state index in [-0.39, 0.29) is 0 Å². The number of ether oxygens (including phenoxy) is 2. The lowest BCUT2D eigenvalue weighted by molar-refractivity contribution is -0.141. The zero-order chi connectivity index (χ0) is 19.2. The lowest BCUT2D eigenvalue weighted by atomic mass is 10.0. The van der Waals surface area contributed by atoms with E-state index in [4.69, 9.17) is 26.3 Å². The zero-order valence-electron chi connectivity index (χ0n) is 14.6. The molecule has 3 rings (SSSR count). The number of nitriles is 1. The van der Waals surface area contributed by atoms with Gasteiger partial charge < -0.3 is 9.47 Å². The third-order valence-corrected chi connectivity index (χ3v) is 4.13. The van der Waals surface area contributed by atoms with E-state index >= 15 is 0 Å². The van der Waals surface area contributed by atoms with Gasteiger partial charge in [0.2, 0.25) is 0 Å². The molecule has 5 heteroatoms. The second kappa shape index (κ2) is 8.39. The highest BCUT2D eigenvalue weighted by Crippen LogP contribution is 2.23. The first kappa shape index (κ1) is 18.5. The maximum Gasteiger partial charge on any atom is 0.352 e. The van der Waals surface area contributed by atoms with Gasteiger partial charge in [-0.25, -0.2) is 4.79 Å². The number of benzene rings is 3. The zero-order valence-corrected chi connectivity index (χ0v) is 15.3. The average molecular weight is 378 g/mol. The van der Waals surface area contributed by atoms with Gasteiger partial charge in [-0.2, -0.15) is 5.26 Å². The van der Waals surface area contributed by atoms with Crippen molar-refractivity contribution >= 4 is 17.6 Å². The Kier molecular flexibility index (Phi) is 5.75. The first-order valence-corrected chi connectivity index (χ1v) is 8.67. The first-order chi connectivity index (χ1) is 13.0. The van der Waals surface area contributed by atoms with Crippen molar-refractivity contribution in [3.05, 3.63) is 83.4 Å². The van der Waals surface area contributed by atoms with Crippen LogP contribution in [0.1, 0.15) is 12.5 Å². The molecule has 0 amide bonds. The van der Waals surface area contributed by atoms with Gasteiger partial charge in [-0.3, -0.25) is 0 Å². The van der Waals surface area contributed by atoms with Crippen molar-refractivity contribution in [3.63, 3.8) is 0 Å². The molecule has 27 heavy (non-hydrogen) atoms. The van der Waals surface area contributed by atoms with Crippen LogP contribution in [-0.2, 0) is 4.79 Å². The molecule has 0 aliphatic rings. The van der Waals surface area contributed by atoms with E-state index in [9.17, 15) is 4.79 Å². The van der Waals surface area contributed by atoms with Crippen molar-refractivity contribution in [2.24, 2.45) is 0 Å². The van der Waals surface area contributed by atoms with Gasteiger partial charge in [0.25, 0.3) is 0 Å². The van der Waals surface area contributed by atoms with Crippen LogP contribution in [0.15, 0.2) is 72.8 Å². The molecule has 0 N–H and O–H groups in total. The van der Waals surface area contributed by atoms with Crippen molar-refractivity contribution in [2.75, 3.05) is 0 Å². The van der Waals surface area contributed by atoms with Gasteiger partial charge in [0.05, 0.1) is 11.6 Å². The standard InChI is InChI=1S/C22H16ClNO3/c1-15(26-20-12-8-19(23)9-13-20)22(25)27-21-10-6-18(7-11-21)17-4-2-16(14-24)3-5-17/h2-13,15H,1H3/t15-/m0/s1. The molecular formula is C22H16ClNO3. The minimum Gasteiger partial charge on any atom is -0.479 e. The van der Waals surface area contributed by atoms with Crippen molar-refractivity contribution in [2.45, 2.75) is 13.0 Å². The number of esters is 1. The Bertz CT molecular complexity index is 958. The second-order valence-corrected chi connectivity index (χ2v) is 6.29. The summed E-state index contributed by atoms with van der Waals surface area (Å²) in [5.74, 6) is 0.486. The summed E-state index contributed by atoms with van der Waals surface area (Å²) in [7, 11) is 0. The van der Waals surface area contributed by atoms with Crippen LogP contribution in [0, 0.1) is 11.3 Å². The van der Waals surface area contributed by atoms with Crippen LogP contribution in [0.3, 0.4) is 0 Å². The van der Waals surface area contributed by atoms with Crippen LogP contribution in [0.5, 0.6) is 11.5 Å². The highest BCUT2D eigenvalue weighted by Gasteiger charge is 2.17. The summed E-state index contributed by atoms with van der Waals surface area (Å²) in [4.78, 5) is 12.2. The molecule has 0 radical (unpaired) electrons. The molecule has 0 saturated carbocycles. The van der Waals surface area contributed by atoms with Crippen LogP contribution in [-0.4, -0.2) is 12.1 Å². The molecule has 134 valence electrons. The van der Waals surface area contributed by atoms with E-state index in [0.717, 1.165) is 11.1 Å². The van der Waals surface area contributed by atoms with E-state index in [1.807, 2.05) is 24.3 Å². The number of hydrogen-bond acceptors (Lipinski definition) is 4. The van der Waals surface area contributed by atoms with Gasteiger partial charge in [0.15, 0.2) is 6.10 Å². The summed E-state index contributed by atoms with van der Waals surface area (Å²) < 4.78 is 10.9. The van der Waals surface area contributed by atoms with Gasteiger partial charge in [0, 0.05) is 5.02 Å². The van der Waals surface area contributed by atoms with E-state index in [1.54, 1.807) is 55.5 Å². The monoisotopic (exact) mass is 377 g/mol. The fourth-order valence-corrected chi connectivity index (χ4v) is 2.54. The molecule has 1 atom stereocenters. The molecule has 0 bridgehead atoms. The first-order valence-electron chi connectivity index (χ1n) is 8.29. The Morgan fingerprint density at radius 1 is 0.889 bits per heavy atom. The van der Waals surface area contributed by atoms with Gasteiger partial charge >= 0.3 is 5.97 Å². The quantitative estimate of drug-likeness (QED) is 0.450. The van der Waals surface area contributed by atoms with E-state index in [0.29, 0.717) is 22.1 Å². The molecule has 0 unspecified atom stereocenters. The molecule has 0 aliphatic carbocycles. The molecule has 0 heterocycles. The maximum atomic E-state index is 12.2. The average Bonchev–Trinajstić information content (AvgIpc) is 2.70. The lowest BCUT2D eigenvalue weighted by Gasteiger charge is -2.14. The molecule has 3 aromatic carbocycles. The van der Waals surface area contributed by atoms with Gasteiger partial charge in [0.1, 0.15) is 11.5 Å². The molecule has 0 fully saturated rings. The van der Waals surface area contributed by atoms with Gasteiger partial charge in [-0.15, -0.1) is 0 Å². The van der Waals surface area contributed by atoms with Crippen molar-refractivity contribution in [3.8, 4) is 28.7 Å². The minimum atomic E-state index is -0.760. The number of carbonyl (C=O) groups is 1. The highest BCUT2D eigenvalue weighted by atomic mass is 35.5. The van der Waals surface area contributed by atoms with E-state index < -0.39 is 12.1 Å². The van der Waals surface area contributed by atoms with Crippen molar-refractivity contribution in [1.29, 1.82) is 5.26 Å². The van der Waals surface area contributed by atoms with Crippen LogP contribution < -0.4 is 9.47 Å². The molecule has 0 spiro atoms. The number of rotatable bonds is 5. The van der Waals surface area contributed by atoms with E-state index in [1.165, 1.54) is 0 Å². The molecule has 4 nitrogen and oxygen atoms in total. The fraction of sp³-hybridized carbons (Fsp3) is 0.0909. The number of carbonyl (C=O) groups excluding carboxylic acids is 1. The lowest BCUT2D eigenvalue weighted by Crippen LogP contribution is -2.28. The predicted molar refractivity (Wildman–Crippen MR) is 104 cm³/mol. The summed E-state index contributed by atoms with van der Waals surface area (Å²) >= 11 is 5.83. The Labute approximate surface area is 162 Å². The topological polar surface area (TPSA) is 59.3 Å². The SMILES string of the molecule is C[C@H](Oc1ccc(Cl)cc1)C(=O)Oc1ccc(-c2ccc(C#N)cc2)cc1. The van der Waals surface area contributed by atoms with Crippen LogP contribution >= 0.6 is 11.6 Å². The summed E-state index contributed by atoms with van der Waals surface area (Å²) in [6.45, 7) is 1.63. The highest BCUT2D eigenvalue weighted by molar-refractivity contribution is 6.30. The molecule has 0 aromatic heterocycles. The molecule has 0 saturated heterocycles. The Morgan fingerprint density at radius 2 is 1.41 bits per heavy atom. The largest absolute Gasteiger partial charge is 0.479 e. The number of nitrogens with zero attached hydrogens (tertiary/aromatic N) is 1. The Morgan fingerprint density at radius 3 is 1.96 bits per heavy atom. The van der Waals surface area contributed by atoms with E-state index in [2.05, 4.69) is 6.07 Å². The van der Waals surface area contributed by atoms with Crippen molar-refractivity contribution in [1.82, 2.24) is 0 Å². The normalized spacial score (nSPS) is 11.3. The van der Waals surface area contributed by atoms with Crippen LogP contribution in [0.4, 0.5) is 0 Å². The molecule has 0 aliphatic heterocycles. The van der Waals surface area contributed by atoms with Gasteiger partial charge in [-0.1, -0.05) is 35.9 Å². The van der Waals surface area contributed by atoms with Crippen molar-refractivity contribution < 1.29 is 14.3 Å². The summed E-state index contributed by atoms with van der Waals surface area (Å²) in [5, 5.41) is 9.45. The smallest absolute Gasteiger partial charge is 0.352 e. The number of halogens is 1. The number of hydrogen-bond donors (Lipinski definition) is 0. The predicted octanol–water partition coefficient (Wildman–Crippen LogP) is 5.25. The third-order valence-electron chi connectivity index (χ3n) is 3.88. The summed E-state index contributed by atoms with van der Waals surface area (Å²) in [5.41, 5.74) is 2.55. The summed E-state index contributed by atoms with van der Waals surface area (Å²) in [6, 6.07) is 23.3. The third kappa shape index (κ3) is 4.87. The fourth-order valence-electron chi connectivity index (χ4n) is 2.42. The molecular weight excluding hydrogens is 362 g/mol.